The summed E-state index contributed by atoms with van der Waals surface area (Å²) in [6.07, 6.45) is 1.68. The third-order valence-corrected chi connectivity index (χ3v) is 10.2. The predicted octanol–water partition coefficient (Wildman–Crippen LogP) is 8.76. The summed E-state index contributed by atoms with van der Waals surface area (Å²) >= 11 is 0. The highest BCUT2D eigenvalue weighted by molar-refractivity contribution is 5.22. The second kappa shape index (κ2) is 18.8. The monoisotopic (exact) mass is 740 g/mol. The molecule has 0 N–H and O–H groups in total. The molecule has 8 rings (SSSR count). The molecule has 0 bridgehead atoms. The van der Waals surface area contributed by atoms with Crippen molar-refractivity contribution in [2.45, 2.75) is 88.0 Å². The third-order valence-electron chi connectivity index (χ3n) is 10.2. The number of rotatable bonds is 15. The van der Waals surface area contributed by atoms with E-state index in [9.17, 15) is 0 Å². The van der Waals surface area contributed by atoms with Gasteiger partial charge < -0.3 is 37.9 Å². The lowest BCUT2D eigenvalue weighted by Crippen LogP contribution is -2.61. The van der Waals surface area contributed by atoms with Crippen LogP contribution in [0.5, 0.6) is 5.75 Å². The summed E-state index contributed by atoms with van der Waals surface area (Å²) in [5, 5.41) is 0. The van der Waals surface area contributed by atoms with Gasteiger partial charge in [0.1, 0.15) is 36.3 Å². The standard InChI is InChI=1S/C47H48O8/c1-6-16-34(17-7-1)30-48-43-41(29-27-39-26-28-40-42(52-39)33-51-46(54-40)37-22-12-4-13-23-37)55-47(53-38-24-14-5-15-25-38)45(50-32-36-20-10-3-11-21-36)44(43)49-31-35-18-8-2-9-19-35/h1-26,28,39-47H,27,29-33H2/t39-,40-,41+,42+,43+,44-,45-,46+,47-/m0/s1. The van der Waals surface area contributed by atoms with E-state index in [0.717, 1.165) is 22.3 Å². The summed E-state index contributed by atoms with van der Waals surface area (Å²) in [5.74, 6) is 0.681. The van der Waals surface area contributed by atoms with Crippen molar-refractivity contribution in [2.24, 2.45) is 0 Å². The van der Waals surface area contributed by atoms with E-state index in [-0.39, 0.29) is 18.3 Å². The van der Waals surface area contributed by atoms with Gasteiger partial charge in [0.05, 0.1) is 38.6 Å². The minimum Gasteiger partial charge on any atom is -0.462 e. The van der Waals surface area contributed by atoms with Crippen LogP contribution >= 0.6 is 0 Å². The minimum atomic E-state index is -0.782. The zero-order valence-corrected chi connectivity index (χ0v) is 30.8. The number of hydrogen-bond acceptors (Lipinski definition) is 8. The molecule has 2 fully saturated rings. The van der Waals surface area contributed by atoms with Crippen molar-refractivity contribution in [3.63, 3.8) is 0 Å². The molecule has 8 heteroatoms. The van der Waals surface area contributed by atoms with Gasteiger partial charge in [0.15, 0.2) is 6.29 Å². The SMILES string of the molecule is C1=C[C@@H](CC[C@H]2O[C@H](Oc3ccccc3)[C@@H](OCc3ccccc3)[C@@H](OCc3ccccc3)[C@@H]2OCc2ccccc2)O[C@@H]2CO[C@@H](c3ccccc3)O[C@@H]12. The average molecular weight is 741 g/mol. The molecule has 0 radical (unpaired) electrons. The van der Waals surface area contributed by atoms with E-state index < -0.39 is 37.0 Å². The molecule has 0 unspecified atom stereocenters. The Labute approximate surface area is 323 Å². The van der Waals surface area contributed by atoms with Gasteiger partial charge in [0.25, 0.3) is 0 Å². The Hall–Kier alpha value is -4.64. The highest BCUT2D eigenvalue weighted by Gasteiger charge is 2.50. The zero-order chi connectivity index (χ0) is 37.1. The molecular weight excluding hydrogens is 693 g/mol. The van der Waals surface area contributed by atoms with Gasteiger partial charge in [-0.15, -0.1) is 0 Å². The molecule has 8 nitrogen and oxygen atoms in total. The molecule has 3 aliphatic heterocycles. The number of hydrogen-bond donors (Lipinski definition) is 0. The lowest BCUT2D eigenvalue weighted by Gasteiger charge is -2.46. The van der Waals surface area contributed by atoms with Crippen molar-refractivity contribution in [1.29, 1.82) is 0 Å². The summed E-state index contributed by atoms with van der Waals surface area (Å²) in [5.41, 5.74) is 4.14. The van der Waals surface area contributed by atoms with Crippen molar-refractivity contribution in [1.82, 2.24) is 0 Å². The Morgan fingerprint density at radius 1 is 0.491 bits per heavy atom. The second-order valence-corrected chi connectivity index (χ2v) is 14.1. The van der Waals surface area contributed by atoms with Gasteiger partial charge in [-0.05, 0) is 41.7 Å². The molecule has 0 aliphatic carbocycles. The van der Waals surface area contributed by atoms with Crippen molar-refractivity contribution in [3.8, 4) is 5.75 Å². The summed E-state index contributed by atoms with van der Waals surface area (Å²) < 4.78 is 53.1. The summed E-state index contributed by atoms with van der Waals surface area (Å²) in [4.78, 5) is 0. The molecule has 3 aliphatic rings. The average Bonchev–Trinajstić information content (AvgIpc) is 3.25. The molecular formula is C47H48O8. The summed E-state index contributed by atoms with van der Waals surface area (Å²) in [6, 6.07) is 50.2. The third kappa shape index (κ3) is 9.97. The smallest absolute Gasteiger partial charge is 0.229 e. The fraction of sp³-hybridized carbons (Fsp3) is 0.319. The maximum Gasteiger partial charge on any atom is 0.229 e. The molecule has 5 aromatic carbocycles. The molecule has 2 saturated heterocycles. The number of para-hydroxylation sites is 1. The topological polar surface area (TPSA) is 73.8 Å². The van der Waals surface area contributed by atoms with E-state index in [1.807, 2.05) is 115 Å². The Morgan fingerprint density at radius 2 is 1.02 bits per heavy atom. The van der Waals surface area contributed by atoms with Crippen LogP contribution in [0.3, 0.4) is 0 Å². The van der Waals surface area contributed by atoms with Crippen molar-refractivity contribution < 1.29 is 37.9 Å². The van der Waals surface area contributed by atoms with Gasteiger partial charge in [0, 0.05) is 5.56 Å². The van der Waals surface area contributed by atoms with E-state index in [4.69, 9.17) is 37.9 Å². The quantitative estimate of drug-likeness (QED) is 0.0988. The van der Waals surface area contributed by atoms with Gasteiger partial charge in [0.2, 0.25) is 6.29 Å². The predicted molar refractivity (Wildman–Crippen MR) is 208 cm³/mol. The highest BCUT2D eigenvalue weighted by Crippen LogP contribution is 2.36. The maximum absolute atomic E-state index is 6.95. The Bertz CT molecular complexity index is 1880. The minimum absolute atomic E-state index is 0.163. The van der Waals surface area contributed by atoms with Crippen molar-refractivity contribution in [3.05, 3.63) is 186 Å². The van der Waals surface area contributed by atoms with Gasteiger partial charge in [-0.3, -0.25) is 0 Å². The van der Waals surface area contributed by atoms with E-state index >= 15 is 0 Å². The molecule has 3 heterocycles. The zero-order valence-electron chi connectivity index (χ0n) is 30.8. The van der Waals surface area contributed by atoms with E-state index in [2.05, 4.69) is 48.6 Å². The first-order valence-electron chi connectivity index (χ1n) is 19.2. The first-order valence-corrected chi connectivity index (χ1v) is 19.2. The Kier molecular flexibility index (Phi) is 12.7. The maximum atomic E-state index is 6.95. The van der Waals surface area contributed by atoms with Crippen LogP contribution in [-0.2, 0) is 53.0 Å². The lowest BCUT2D eigenvalue weighted by atomic mass is 9.93. The van der Waals surface area contributed by atoms with Crippen LogP contribution in [0, 0.1) is 0 Å². The normalized spacial score (nSPS) is 27.6. The molecule has 0 aromatic heterocycles. The Balaban J connectivity index is 1.05. The molecule has 9 atom stereocenters. The van der Waals surface area contributed by atoms with E-state index in [1.165, 1.54) is 0 Å². The largest absolute Gasteiger partial charge is 0.462 e. The molecule has 284 valence electrons. The second-order valence-electron chi connectivity index (χ2n) is 14.1. The summed E-state index contributed by atoms with van der Waals surface area (Å²) in [6.45, 7) is 1.54. The van der Waals surface area contributed by atoms with Crippen LogP contribution in [0.15, 0.2) is 164 Å². The van der Waals surface area contributed by atoms with Gasteiger partial charge in [-0.25, -0.2) is 0 Å². The number of benzene rings is 5. The number of ether oxygens (including phenoxy) is 8. The van der Waals surface area contributed by atoms with Gasteiger partial charge in [-0.1, -0.05) is 152 Å². The van der Waals surface area contributed by atoms with E-state index in [0.29, 0.717) is 45.0 Å². The fourth-order valence-electron chi connectivity index (χ4n) is 7.32. The summed E-state index contributed by atoms with van der Waals surface area (Å²) in [7, 11) is 0. The van der Waals surface area contributed by atoms with E-state index in [1.54, 1.807) is 0 Å². The van der Waals surface area contributed by atoms with Crippen LogP contribution < -0.4 is 4.74 Å². The molecule has 5 aromatic rings. The van der Waals surface area contributed by atoms with Gasteiger partial charge >= 0.3 is 0 Å². The van der Waals surface area contributed by atoms with Crippen molar-refractivity contribution >= 4 is 0 Å². The first kappa shape index (κ1) is 37.3. The molecule has 0 saturated carbocycles. The molecule has 0 spiro atoms. The number of fused-ring (bicyclic) bond motifs is 1. The molecule has 55 heavy (non-hydrogen) atoms. The van der Waals surface area contributed by atoms with Crippen LogP contribution in [0.1, 0.15) is 41.4 Å². The first-order chi connectivity index (χ1) is 27.2. The Morgan fingerprint density at radius 3 is 1.62 bits per heavy atom. The van der Waals surface area contributed by atoms with Crippen LogP contribution in [0.25, 0.3) is 0 Å². The van der Waals surface area contributed by atoms with Crippen LogP contribution in [0.4, 0.5) is 0 Å². The van der Waals surface area contributed by atoms with Gasteiger partial charge in [-0.2, -0.15) is 0 Å². The van der Waals surface area contributed by atoms with Crippen LogP contribution in [0.2, 0.25) is 0 Å². The van der Waals surface area contributed by atoms with Crippen LogP contribution in [-0.4, -0.2) is 55.6 Å². The van der Waals surface area contributed by atoms with Crippen molar-refractivity contribution in [2.75, 3.05) is 6.61 Å². The lowest BCUT2D eigenvalue weighted by molar-refractivity contribution is -0.305. The highest BCUT2D eigenvalue weighted by atomic mass is 16.7. The fourth-order valence-corrected chi connectivity index (χ4v) is 7.32. The molecule has 0 amide bonds.